The Morgan fingerprint density at radius 1 is 1.36 bits per heavy atom. The first-order valence-electron chi connectivity index (χ1n) is 9.09. The summed E-state index contributed by atoms with van der Waals surface area (Å²) in [4.78, 5) is 13.4. The number of benzene rings is 1. The molecule has 1 atom stereocenters. The van der Waals surface area contributed by atoms with E-state index in [1.54, 1.807) is 29.4 Å². The van der Waals surface area contributed by atoms with E-state index in [0.717, 1.165) is 55.6 Å². The lowest BCUT2D eigenvalue weighted by Gasteiger charge is -2.31. The third-order valence-electron chi connectivity index (χ3n) is 5.13. The average molecular weight is 411 g/mol. The lowest BCUT2D eigenvalue weighted by Crippen LogP contribution is -2.35. The van der Waals surface area contributed by atoms with Crippen LogP contribution in [0.25, 0.3) is 10.3 Å². The number of thioether (sulfide) groups is 1. The molecule has 1 unspecified atom stereocenters. The molecule has 2 aliphatic heterocycles. The summed E-state index contributed by atoms with van der Waals surface area (Å²) in [5, 5.41) is 16.8. The summed E-state index contributed by atoms with van der Waals surface area (Å²) in [6, 6.07) is 6.26. The zero-order valence-corrected chi connectivity index (χ0v) is 17.1. The predicted octanol–water partition coefficient (Wildman–Crippen LogP) is 2.42. The number of aromatic nitrogens is 3. The highest BCUT2D eigenvalue weighted by Gasteiger charge is 2.29. The van der Waals surface area contributed by atoms with E-state index < -0.39 is 7.12 Å². The van der Waals surface area contributed by atoms with Gasteiger partial charge in [0, 0.05) is 0 Å². The Morgan fingerprint density at radius 2 is 2.25 bits per heavy atom. The van der Waals surface area contributed by atoms with Gasteiger partial charge in [0.15, 0.2) is 15.8 Å². The summed E-state index contributed by atoms with van der Waals surface area (Å²) in [7, 11) is -0.819. The second-order valence-corrected chi connectivity index (χ2v) is 8.94. The van der Waals surface area contributed by atoms with Crippen LogP contribution in [0.2, 0.25) is 0 Å². The van der Waals surface area contributed by atoms with Crippen molar-refractivity contribution in [2.75, 3.05) is 11.3 Å². The molecule has 1 N–H and O–H groups in total. The molecule has 0 spiro atoms. The topological polar surface area (TPSA) is 83.7 Å². The van der Waals surface area contributed by atoms with Crippen molar-refractivity contribution in [2.24, 2.45) is 5.10 Å². The maximum absolute atomic E-state index is 9.85. The number of anilines is 1. The van der Waals surface area contributed by atoms with Crippen molar-refractivity contribution < 1.29 is 9.68 Å². The quantitative estimate of drug-likeness (QED) is 0.524. The van der Waals surface area contributed by atoms with Crippen LogP contribution in [0.4, 0.5) is 5.82 Å². The van der Waals surface area contributed by atoms with Gasteiger partial charge in [0.25, 0.3) is 0 Å². The van der Waals surface area contributed by atoms with Gasteiger partial charge in [0.05, 0.1) is 18.4 Å². The van der Waals surface area contributed by atoms with Crippen LogP contribution in [0.5, 0.6) is 0 Å². The summed E-state index contributed by atoms with van der Waals surface area (Å²) >= 11 is 3.22. The zero-order valence-electron chi connectivity index (χ0n) is 15.5. The van der Waals surface area contributed by atoms with Crippen LogP contribution >= 0.6 is 23.1 Å². The van der Waals surface area contributed by atoms with Crippen molar-refractivity contribution in [2.45, 2.75) is 36.8 Å². The maximum Gasteiger partial charge on any atom is 0.491 e. The van der Waals surface area contributed by atoms with Crippen LogP contribution in [-0.4, -0.2) is 45.1 Å². The molecule has 4 heterocycles. The van der Waals surface area contributed by atoms with Gasteiger partial charge in [-0.15, -0.1) is 11.3 Å². The van der Waals surface area contributed by atoms with E-state index in [1.165, 1.54) is 0 Å². The molecule has 2 aliphatic rings. The van der Waals surface area contributed by atoms with Crippen molar-refractivity contribution in [1.82, 2.24) is 15.0 Å². The summed E-state index contributed by atoms with van der Waals surface area (Å²) < 4.78 is 7.26. The lowest BCUT2D eigenvalue weighted by atomic mass is 9.79. The van der Waals surface area contributed by atoms with Gasteiger partial charge in [0.1, 0.15) is 11.0 Å². The number of hydrazone groups is 1. The maximum atomic E-state index is 9.85. The molecule has 0 saturated carbocycles. The minimum atomic E-state index is -0.819. The SMILES string of the molecule is CSc1nc2ncnc(N3N=C(c4ccc5c(c4)COB5O)CCC3C)c2s1. The van der Waals surface area contributed by atoms with Crippen LogP contribution in [0.1, 0.15) is 30.9 Å². The second-order valence-electron chi connectivity index (χ2n) is 6.89. The monoisotopic (exact) mass is 411 g/mol. The molecule has 0 saturated heterocycles. The van der Waals surface area contributed by atoms with Gasteiger partial charge >= 0.3 is 7.12 Å². The van der Waals surface area contributed by atoms with Crippen molar-refractivity contribution in [3.63, 3.8) is 0 Å². The molecule has 0 radical (unpaired) electrons. The summed E-state index contributed by atoms with van der Waals surface area (Å²) in [5.41, 5.74) is 4.67. The third-order valence-corrected chi connectivity index (χ3v) is 7.15. The van der Waals surface area contributed by atoms with Crippen molar-refractivity contribution in [1.29, 1.82) is 0 Å². The Bertz CT molecular complexity index is 1090. The van der Waals surface area contributed by atoms with E-state index in [1.807, 2.05) is 23.4 Å². The smallest absolute Gasteiger partial charge is 0.423 e. The Balaban J connectivity index is 1.56. The van der Waals surface area contributed by atoms with Gasteiger partial charge in [-0.25, -0.2) is 20.0 Å². The molecule has 7 nitrogen and oxygen atoms in total. The molecule has 1 aromatic carbocycles. The molecular formula is C18H18BN5O2S2. The highest BCUT2D eigenvalue weighted by atomic mass is 32.2. The van der Waals surface area contributed by atoms with Gasteiger partial charge in [0.2, 0.25) is 0 Å². The standard InChI is InChI=1S/C18H18BN5O2S2/c1-10-3-6-14(11-4-5-13-12(7-11)8-26-19(13)25)23-24(10)17-15-16(20-9-21-17)22-18(27-2)28-15/h4-5,7,9-10,25H,3,6,8H2,1-2H3. The van der Waals surface area contributed by atoms with Crippen molar-refractivity contribution in [3.05, 3.63) is 35.7 Å². The Labute approximate surface area is 171 Å². The minimum Gasteiger partial charge on any atom is -0.423 e. The summed E-state index contributed by atoms with van der Waals surface area (Å²) in [6.45, 7) is 2.60. The average Bonchev–Trinajstić information content (AvgIpc) is 3.31. The van der Waals surface area contributed by atoms with Crippen LogP contribution < -0.4 is 10.5 Å². The summed E-state index contributed by atoms with van der Waals surface area (Å²) in [6.07, 6.45) is 5.45. The van der Waals surface area contributed by atoms with Crippen LogP contribution in [0.15, 0.2) is 34.0 Å². The molecule has 0 aliphatic carbocycles. The van der Waals surface area contributed by atoms with Gasteiger partial charge in [-0.3, -0.25) is 0 Å². The van der Waals surface area contributed by atoms with Gasteiger partial charge in [-0.2, -0.15) is 5.10 Å². The first kappa shape index (κ1) is 18.1. The Morgan fingerprint density at radius 3 is 3.11 bits per heavy atom. The number of hydrogen-bond donors (Lipinski definition) is 1. The van der Waals surface area contributed by atoms with Crippen LogP contribution in [0, 0.1) is 0 Å². The fourth-order valence-corrected chi connectivity index (χ4v) is 5.08. The first-order valence-corrected chi connectivity index (χ1v) is 11.1. The van der Waals surface area contributed by atoms with Crippen LogP contribution in [0.3, 0.4) is 0 Å². The normalized spacial score (nSPS) is 19.2. The van der Waals surface area contributed by atoms with E-state index >= 15 is 0 Å². The van der Waals surface area contributed by atoms with Gasteiger partial charge in [-0.1, -0.05) is 23.9 Å². The van der Waals surface area contributed by atoms with Crippen molar-refractivity contribution in [3.8, 4) is 0 Å². The minimum absolute atomic E-state index is 0.237. The number of hydrogen-bond acceptors (Lipinski definition) is 9. The number of nitrogens with zero attached hydrogens (tertiary/aromatic N) is 5. The molecule has 0 fully saturated rings. The molecule has 10 heteroatoms. The summed E-state index contributed by atoms with van der Waals surface area (Å²) in [5.74, 6) is 0.812. The van der Waals surface area contributed by atoms with Gasteiger partial charge < -0.3 is 9.68 Å². The number of rotatable bonds is 3. The lowest BCUT2D eigenvalue weighted by molar-refractivity contribution is 0.275. The predicted molar refractivity (Wildman–Crippen MR) is 114 cm³/mol. The molecule has 0 bridgehead atoms. The zero-order chi connectivity index (χ0) is 19.3. The third kappa shape index (κ3) is 3.00. The number of fused-ring (bicyclic) bond motifs is 2. The molecule has 3 aromatic rings. The number of thiazole rings is 1. The fraction of sp³-hybridized carbons (Fsp3) is 0.333. The second kappa shape index (κ2) is 7.11. The van der Waals surface area contributed by atoms with E-state index in [4.69, 9.17) is 9.76 Å². The van der Waals surface area contributed by atoms with E-state index in [-0.39, 0.29) is 6.04 Å². The molecule has 5 rings (SSSR count). The first-order chi connectivity index (χ1) is 13.6. The molecule has 28 heavy (non-hydrogen) atoms. The molecule has 0 amide bonds. The Hall–Kier alpha value is -2.01. The fourth-order valence-electron chi connectivity index (χ4n) is 3.59. The Kier molecular flexibility index (Phi) is 4.58. The van der Waals surface area contributed by atoms with E-state index in [0.29, 0.717) is 6.61 Å². The van der Waals surface area contributed by atoms with Crippen molar-refractivity contribution >= 4 is 57.6 Å². The molecule has 2 aromatic heterocycles. The molecular weight excluding hydrogens is 393 g/mol. The highest BCUT2D eigenvalue weighted by Crippen LogP contribution is 2.35. The van der Waals surface area contributed by atoms with E-state index in [9.17, 15) is 5.02 Å². The van der Waals surface area contributed by atoms with E-state index in [2.05, 4.69) is 27.9 Å². The largest absolute Gasteiger partial charge is 0.491 e. The van der Waals surface area contributed by atoms with Gasteiger partial charge in [-0.05, 0) is 48.7 Å². The highest BCUT2D eigenvalue weighted by molar-refractivity contribution is 8.00. The van der Waals surface area contributed by atoms with Crippen LogP contribution in [-0.2, 0) is 11.3 Å². The molecule has 142 valence electrons.